The Bertz CT molecular complexity index is 1110. The van der Waals surface area contributed by atoms with E-state index >= 15 is 0 Å². The van der Waals surface area contributed by atoms with E-state index in [-0.39, 0.29) is 29.1 Å². The van der Waals surface area contributed by atoms with Crippen LogP contribution >= 0.6 is 23.1 Å². The number of hydrogen-bond acceptors (Lipinski definition) is 8. The number of anilines is 1. The molecule has 0 radical (unpaired) electrons. The lowest BCUT2D eigenvalue weighted by molar-refractivity contribution is -0.113. The molecule has 8 nitrogen and oxygen atoms in total. The van der Waals surface area contributed by atoms with Gasteiger partial charge in [0.2, 0.25) is 11.1 Å². The zero-order valence-electron chi connectivity index (χ0n) is 16.8. The van der Waals surface area contributed by atoms with E-state index in [1.165, 1.54) is 22.1 Å². The van der Waals surface area contributed by atoms with E-state index in [9.17, 15) is 14.0 Å². The summed E-state index contributed by atoms with van der Waals surface area (Å²) in [5.74, 6) is -1.19. The maximum atomic E-state index is 14.1. The average Bonchev–Trinajstić information content (AvgIpc) is 3.36. The molecule has 0 saturated heterocycles. The van der Waals surface area contributed by atoms with Gasteiger partial charge in [0.1, 0.15) is 16.5 Å². The number of nitrogens with zero attached hydrogens (tertiary/aromatic N) is 4. The molecular formula is C20H20FN5O3S2. The quantitative estimate of drug-likeness (QED) is 0.424. The lowest BCUT2D eigenvalue weighted by atomic mass is 9.95. The number of aryl methyl sites for hydroxylation is 1. The lowest BCUT2D eigenvalue weighted by Gasteiger charge is -2.12. The molecule has 0 aliphatic heterocycles. The van der Waals surface area contributed by atoms with Gasteiger partial charge in [0, 0.05) is 4.88 Å². The van der Waals surface area contributed by atoms with Gasteiger partial charge in [0.25, 0.3) is 0 Å². The minimum Gasteiger partial charge on any atom is -0.462 e. The van der Waals surface area contributed by atoms with Crippen LogP contribution in [0.5, 0.6) is 0 Å². The van der Waals surface area contributed by atoms with Gasteiger partial charge in [-0.2, -0.15) is 4.68 Å². The first-order valence-corrected chi connectivity index (χ1v) is 11.7. The fourth-order valence-electron chi connectivity index (χ4n) is 3.41. The summed E-state index contributed by atoms with van der Waals surface area (Å²) in [5.41, 5.74) is 1.66. The van der Waals surface area contributed by atoms with Crippen molar-refractivity contribution >= 4 is 40.0 Å². The number of esters is 1. The number of carbonyl (C=O) groups excluding carboxylic acids is 2. The van der Waals surface area contributed by atoms with Crippen molar-refractivity contribution in [3.05, 3.63) is 46.1 Å². The fraction of sp³-hybridized carbons (Fsp3) is 0.350. The molecule has 4 rings (SSSR count). The number of benzene rings is 1. The summed E-state index contributed by atoms with van der Waals surface area (Å²) in [6.07, 6.45) is 3.78. The largest absolute Gasteiger partial charge is 0.462 e. The lowest BCUT2D eigenvalue weighted by Crippen LogP contribution is -2.17. The number of nitrogens with one attached hydrogen (secondary N) is 1. The maximum Gasteiger partial charge on any atom is 0.341 e. The number of para-hydroxylation sites is 1. The molecule has 1 aliphatic rings. The predicted octanol–water partition coefficient (Wildman–Crippen LogP) is 3.65. The van der Waals surface area contributed by atoms with E-state index in [4.69, 9.17) is 4.74 Å². The van der Waals surface area contributed by atoms with E-state index in [1.54, 1.807) is 25.1 Å². The molecule has 2 heterocycles. The molecule has 0 unspecified atom stereocenters. The SMILES string of the molecule is CCOC(=O)c1c(NC(=O)CSc2nnnn2-c2ccccc2F)sc2c1CCCC2. The van der Waals surface area contributed by atoms with Crippen molar-refractivity contribution in [3.8, 4) is 5.69 Å². The number of amides is 1. The Kier molecular flexibility index (Phi) is 6.62. The number of fused-ring (bicyclic) bond motifs is 1. The minimum atomic E-state index is -0.468. The molecule has 11 heteroatoms. The Labute approximate surface area is 186 Å². The second-order valence-corrected chi connectivity index (χ2v) is 8.84. The van der Waals surface area contributed by atoms with Gasteiger partial charge in [-0.05, 0) is 60.7 Å². The smallest absolute Gasteiger partial charge is 0.341 e. The van der Waals surface area contributed by atoms with Crippen LogP contribution in [0.2, 0.25) is 0 Å². The standard InChI is InChI=1S/C20H20FN5O3S2/c1-2-29-19(28)17-12-7-3-6-10-15(12)31-18(17)22-16(27)11-30-20-23-24-25-26(20)14-9-5-4-8-13(14)21/h4-5,8-9H,2-3,6-7,10-11H2,1H3,(H,22,27). The molecule has 0 atom stereocenters. The van der Waals surface area contributed by atoms with Crippen molar-refractivity contribution < 1.29 is 18.7 Å². The highest BCUT2D eigenvalue weighted by Crippen LogP contribution is 2.38. The molecular weight excluding hydrogens is 441 g/mol. The molecule has 31 heavy (non-hydrogen) atoms. The molecule has 2 aromatic heterocycles. The van der Waals surface area contributed by atoms with Gasteiger partial charge >= 0.3 is 5.97 Å². The van der Waals surface area contributed by atoms with Crippen LogP contribution in [0.3, 0.4) is 0 Å². The van der Waals surface area contributed by atoms with E-state index in [1.807, 2.05) is 0 Å². The molecule has 1 amide bonds. The summed E-state index contributed by atoms with van der Waals surface area (Å²) in [4.78, 5) is 26.3. The van der Waals surface area contributed by atoms with Crippen LogP contribution < -0.4 is 5.32 Å². The fourth-order valence-corrected chi connectivity index (χ4v) is 5.39. The zero-order valence-corrected chi connectivity index (χ0v) is 18.4. The van der Waals surface area contributed by atoms with Crippen LogP contribution in [0, 0.1) is 5.82 Å². The Morgan fingerprint density at radius 1 is 1.29 bits per heavy atom. The van der Waals surface area contributed by atoms with Gasteiger partial charge in [0.05, 0.1) is 17.9 Å². The van der Waals surface area contributed by atoms with Crippen molar-refractivity contribution in [2.75, 3.05) is 17.7 Å². The first-order chi connectivity index (χ1) is 15.1. The summed E-state index contributed by atoms with van der Waals surface area (Å²) in [6.45, 7) is 2.02. The van der Waals surface area contributed by atoms with Crippen LogP contribution in [-0.2, 0) is 22.4 Å². The van der Waals surface area contributed by atoms with Crippen molar-refractivity contribution in [1.29, 1.82) is 0 Å². The number of rotatable bonds is 7. The maximum absolute atomic E-state index is 14.1. The van der Waals surface area contributed by atoms with Gasteiger partial charge in [-0.15, -0.1) is 16.4 Å². The van der Waals surface area contributed by atoms with Crippen LogP contribution in [0.1, 0.15) is 40.6 Å². The number of aromatic nitrogens is 4. The van der Waals surface area contributed by atoms with E-state index < -0.39 is 11.8 Å². The van der Waals surface area contributed by atoms with Crippen LogP contribution in [0.25, 0.3) is 5.69 Å². The number of tetrazole rings is 1. The number of carbonyl (C=O) groups is 2. The summed E-state index contributed by atoms with van der Waals surface area (Å²) < 4.78 is 20.5. The molecule has 0 fully saturated rings. The normalized spacial score (nSPS) is 13.0. The second kappa shape index (κ2) is 9.56. The molecule has 0 saturated carbocycles. The van der Waals surface area contributed by atoms with Crippen LogP contribution in [-0.4, -0.2) is 44.4 Å². The average molecular weight is 462 g/mol. The number of hydrogen-bond donors (Lipinski definition) is 1. The van der Waals surface area contributed by atoms with E-state index in [0.717, 1.165) is 47.9 Å². The summed E-state index contributed by atoms with van der Waals surface area (Å²) >= 11 is 2.51. The van der Waals surface area contributed by atoms with E-state index in [2.05, 4.69) is 20.8 Å². The van der Waals surface area contributed by atoms with Gasteiger partial charge < -0.3 is 10.1 Å². The number of thioether (sulfide) groups is 1. The Hall–Kier alpha value is -2.79. The third-order valence-corrected chi connectivity index (χ3v) is 6.88. The molecule has 1 aliphatic carbocycles. The van der Waals surface area contributed by atoms with Crippen molar-refractivity contribution in [3.63, 3.8) is 0 Å². The monoisotopic (exact) mass is 461 g/mol. The van der Waals surface area contributed by atoms with Gasteiger partial charge in [-0.1, -0.05) is 23.9 Å². The zero-order chi connectivity index (χ0) is 21.8. The Morgan fingerprint density at radius 3 is 2.90 bits per heavy atom. The third-order valence-electron chi connectivity index (χ3n) is 4.76. The minimum absolute atomic E-state index is 0.000339. The Balaban J connectivity index is 1.48. The van der Waals surface area contributed by atoms with Crippen LogP contribution in [0.15, 0.2) is 29.4 Å². The van der Waals surface area contributed by atoms with Gasteiger partial charge in [0.15, 0.2) is 0 Å². The highest BCUT2D eigenvalue weighted by atomic mass is 32.2. The summed E-state index contributed by atoms with van der Waals surface area (Å²) in [5, 5.41) is 14.9. The van der Waals surface area contributed by atoms with Gasteiger partial charge in [-0.25, -0.2) is 9.18 Å². The van der Waals surface area contributed by atoms with E-state index in [0.29, 0.717) is 10.6 Å². The first kappa shape index (κ1) is 21.4. The topological polar surface area (TPSA) is 99.0 Å². The van der Waals surface area contributed by atoms with Gasteiger partial charge in [-0.3, -0.25) is 4.79 Å². The molecule has 3 aromatic rings. The van der Waals surface area contributed by atoms with Crippen molar-refractivity contribution in [2.24, 2.45) is 0 Å². The second-order valence-electron chi connectivity index (χ2n) is 6.80. The molecule has 1 N–H and O–H groups in total. The van der Waals surface area contributed by atoms with Crippen molar-refractivity contribution in [2.45, 2.75) is 37.8 Å². The Morgan fingerprint density at radius 2 is 2.10 bits per heavy atom. The first-order valence-electron chi connectivity index (χ1n) is 9.86. The molecule has 0 spiro atoms. The summed E-state index contributed by atoms with van der Waals surface area (Å²) in [6, 6.07) is 6.12. The summed E-state index contributed by atoms with van der Waals surface area (Å²) in [7, 11) is 0. The number of thiophene rings is 1. The molecule has 0 bridgehead atoms. The molecule has 162 valence electrons. The predicted molar refractivity (Wildman–Crippen MR) is 115 cm³/mol. The van der Waals surface area contributed by atoms with Crippen LogP contribution in [0.4, 0.5) is 9.39 Å². The highest BCUT2D eigenvalue weighted by Gasteiger charge is 2.27. The number of ether oxygens (including phenoxy) is 1. The van der Waals surface area contributed by atoms with Crippen molar-refractivity contribution in [1.82, 2.24) is 20.2 Å². The molecule has 1 aromatic carbocycles. The highest BCUT2D eigenvalue weighted by molar-refractivity contribution is 7.99. The number of halogens is 1. The third kappa shape index (κ3) is 4.62.